The van der Waals surface area contributed by atoms with Crippen LogP contribution in [-0.4, -0.2) is 5.91 Å². The molecule has 1 amide bonds. The van der Waals surface area contributed by atoms with E-state index in [1.54, 1.807) is 18.2 Å². The summed E-state index contributed by atoms with van der Waals surface area (Å²) in [6.45, 7) is 0. The maximum atomic E-state index is 12.2. The van der Waals surface area contributed by atoms with E-state index < -0.39 is 0 Å². The monoisotopic (exact) mass is 383 g/mol. The number of hydrogen-bond donors (Lipinski definition) is 3. The molecule has 0 aromatic heterocycles. The van der Waals surface area contributed by atoms with E-state index in [0.717, 1.165) is 8.95 Å². The number of carbonyl (C=O) groups is 1. The summed E-state index contributed by atoms with van der Waals surface area (Å²) in [5.41, 5.74) is 13.3. The van der Waals surface area contributed by atoms with Crippen LogP contribution in [0, 0.1) is 0 Å². The standard InChI is InChI=1S/C13H11Br2N3O/c14-10-2-1-3-11(15)12(10)18-13(19)7-4-8(16)6-9(17)5-7/h1-6H,16-17H2,(H,18,19). The zero-order chi connectivity index (χ0) is 14.0. The summed E-state index contributed by atoms with van der Waals surface area (Å²) in [5.74, 6) is -0.272. The topological polar surface area (TPSA) is 81.1 Å². The van der Waals surface area contributed by atoms with Crippen molar-refractivity contribution in [1.82, 2.24) is 0 Å². The maximum Gasteiger partial charge on any atom is 0.255 e. The normalized spacial score (nSPS) is 10.2. The zero-order valence-electron chi connectivity index (χ0n) is 9.78. The van der Waals surface area contributed by atoms with E-state index in [1.165, 1.54) is 0 Å². The highest BCUT2D eigenvalue weighted by Gasteiger charge is 2.11. The van der Waals surface area contributed by atoms with E-state index in [-0.39, 0.29) is 5.91 Å². The Morgan fingerprint density at radius 1 is 1.00 bits per heavy atom. The van der Waals surface area contributed by atoms with Crippen molar-refractivity contribution >= 4 is 54.8 Å². The minimum Gasteiger partial charge on any atom is -0.399 e. The maximum absolute atomic E-state index is 12.2. The molecule has 0 aliphatic rings. The first kappa shape index (κ1) is 13.9. The van der Waals surface area contributed by atoms with Gasteiger partial charge in [-0.05, 0) is 62.2 Å². The number of hydrogen-bond acceptors (Lipinski definition) is 3. The van der Waals surface area contributed by atoms with E-state index in [2.05, 4.69) is 37.2 Å². The van der Waals surface area contributed by atoms with Crippen molar-refractivity contribution in [2.45, 2.75) is 0 Å². The Morgan fingerprint density at radius 3 is 2.05 bits per heavy atom. The highest BCUT2D eigenvalue weighted by Crippen LogP contribution is 2.31. The van der Waals surface area contributed by atoms with Gasteiger partial charge in [-0.1, -0.05) is 6.07 Å². The summed E-state index contributed by atoms with van der Waals surface area (Å²) in [7, 11) is 0. The van der Waals surface area contributed by atoms with E-state index >= 15 is 0 Å². The van der Waals surface area contributed by atoms with Gasteiger partial charge in [0.05, 0.1) is 5.69 Å². The van der Waals surface area contributed by atoms with Crippen LogP contribution in [0.15, 0.2) is 45.3 Å². The molecule has 0 aliphatic carbocycles. The third kappa shape index (κ3) is 3.27. The Hall–Kier alpha value is -1.53. The quantitative estimate of drug-likeness (QED) is 0.691. The molecule has 0 atom stereocenters. The third-order valence-corrected chi connectivity index (χ3v) is 3.76. The van der Waals surface area contributed by atoms with Crippen LogP contribution < -0.4 is 16.8 Å². The fourth-order valence-corrected chi connectivity index (χ4v) is 2.81. The van der Waals surface area contributed by atoms with Crippen LogP contribution in [0.2, 0.25) is 0 Å². The second kappa shape index (κ2) is 5.63. The smallest absolute Gasteiger partial charge is 0.255 e. The minimum absolute atomic E-state index is 0.272. The van der Waals surface area contributed by atoms with E-state index in [9.17, 15) is 4.79 Å². The number of nitrogen functional groups attached to an aromatic ring is 2. The zero-order valence-corrected chi connectivity index (χ0v) is 13.0. The van der Waals surface area contributed by atoms with Crippen LogP contribution in [0.3, 0.4) is 0 Å². The SMILES string of the molecule is Nc1cc(N)cc(C(=O)Nc2c(Br)cccc2Br)c1. The summed E-state index contributed by atoms with van der Waals surface area (Å²) in [6.07, 6.45) is 0. The number of nitrogens with two attached hydrogens (primary N) is 2. The lowest BCUT2D eigenvalue weighted by Crippen LogP contribution is -2.13. The number of carbonyl (C=O) groups excluding carboxylic acids is 1. The van der Waals surface area contributed by atoms with Crippen molar-refractivity contribution in [1.29, 1.82) is 0 Å². The molecule has 2 rings (SSSR count). The average molecular weight is 385 g/mol. The van der Waals surface area contributed by atoms with Gasteiger partial charge in [-0.2, -0.15) is 0 Å². The van der Waals surface area contributed by atoms with Gasteiger partial charge in [0.25, 0.3) is 5.91 Å². The first-order valence-electron chi connectivity index (χ1n) is 5.39. The summed E-state index contributed by atoms with van der Waals surface area (Å²) in [6, 6.07) is 10.3. The van der Waals surface area contributed by atoms with Gasteiger partial charge in [-0.25, -0.2) is 0 Å². The van der Waals surface area contributed by atoms with Crippen LogP contribution in [0.1, 0.15) is 10.4 Å². The third-order valence-electron chi connectivity index (χ3n) is 2.44. The van der Waals surface area contributed by atoms with Crippen molar-refractivity contribution in [3.63, 3.8) is 0 Å². The van der Waals surface area contributed by atoms with E-state index in [0.29, 0.717) is 22.6 Å². The summed E-state index contributed by atoms with van der Waals surface area (Å²) >= 11 is 6.77. The van der Waals surface area contributed by atoms with Crippen molar-refractivity contribution in [2.75, 3.05) is 16.8 Å². The summed E-state index contributed by atoms with van der Waals surface area (Å²) < 4.78 is 1.57. The lowest BCUT2D eigenvalue weighted by molar-refractivity contribution is 0.102. The fraction of sp³-hybridized carbons (Fsp3) is 0. The predicted octanol–water partition coefficient (Wildman–Crippen LogP) is 3.63. The van der Waals surface area contributed by atoms with E-state index in [1.807, 2.05) is 18.2 Å². The summed E-state index contributed by atoms with van der Waals surface area (Å²) in [4.78, 5) is 12.2. The Balaban J connectivity index is 2.31. The van der Waals surface area contributed by atoms with Gasteiger partial charge in [0, 0.05) is 25.9 Å². The first-order chi connectivity index (χ1) is 8.97. The molecule has 0 saturated carbocycles. The molecule has 2 aromatic rings. The molecule has 0 fully saturated rings. The largest absolute Gasteiger partial charge is 0.399 e. The van der Waals surface area contributed by atoms with E-state index in [4.69, 9.17) is 11.5 Å². The van der Waals surface area contributed by atoms with Gasteiger partial charge in [-0.3, -0.25) is 4.79 Å². The van der Waals surface area contributed by atoms with Crippen molar-refractivity contribution in [3.8, 4) is 0 Å². The first-order valence-corrected chi connectivity index (χ1v) is 6.97. The molecule has 0 spiro atoms. The van der Waals surface area contributed by atoms with Gasteiger partial charge in [0.1, 0.15) is 0 Å². The Labute approximate surface area is 127 Å². The van der Waals surface area contributed by atoms with Gasteiger partial charge < -0.3 is 16.8 Å². The van der Waals surface area contributed by atoms with Crippen molar-refractivity contribution < 1.29 is 4.79 Å². The number of halogens is 2. The van der Waals surface area contributed by atoms with Gasteiger partial charge in [0.2, 0.25) is 0 Å². The molecule has 0 unspecified atom stereocenters. The molecule has 5 N–H and O–H groups in total. The predicted molar refractivity (Wildman–Crippen MR) is 85.1 cm³/mol. The lowest BCUT2D eigenvalue weighted by Gasteiger charge is -2.10. The molecule has 0 aliphatic heterocycles. The van der Waals surface area contributed by atoms with Crippen molar-refractivity contribution in [2.24, 2.45) is 0 Å². The molecule has 98 valence electrons. The molecule has 0 saturated heterocycles. The number of rotatable bonds is 2. The number of anilines is 3. The van der Waals surface area contributed by atoms with Gasteiger partial charge in [-0.15, -0.1) is 0 Å². The molecular formula is C13H11Br2N3O. The minimum atomic E-state index is -0.272. The number of benzene rings is 2. The Bertz CT molecular complexity index is 603. The van der Waals surface area contributed by atoms with Crippen LogP contribution >= 0.6 is 31.9 Å². The lowest BCUT2D eigenvalue weighted by atomic mass is 10.1. The second-order valence-electron chi connectivity index (χ2n) is 3.94. The highest BCUT2D eigenvalue weighted by atomic mass is 79.9. The molecule has 0 heterocycles. The van der Waals surface area contributed by atoms with Crippen LogP contribution in [0.25, 0.3) is 0 Å². The molecular weight excluding hydrogens is 374 g/mol. The fourth-order valence-electron chi connectivity index (χ4n) is 1.61. The van der Waals surface area contributed by atoms with Crippen LogP contribution in [0.4, 0.5) is 17.1 Å². The number of nitrogens with one attached hydrogen (secondary N) is 1. The molecule has 2 aromatic carbocycles. The Morgan fingerprint density at radius 2 is 1.53 bits per heavy atom. The number of para-hydroxylation sites is 1. The van der Waals surface area contributed by atoms with Crippen LogP contribution in [-0.2, 0) is 0 Å². The average Bonchev–Trinajstić information content (AvgIpc) is 2.32. The molecule has 6 heteroatoms. The van der Waals surface area contributed by atoms with Crippen molar-refractivity contribution in [3.05, 3.63) is 50.9 Å². The van der Waals surface area contributed by atoms with Crippen LogP contribution in [0.5, 0.6) is 0 Å². The molecule has 0 bridgehead atoms. The molecule has 4 nitrogen and oxygen atoms in total. The second-order valence-corrected chi connectivity index (χ2v) is 5.65. The molecule has 19 heavy (non-hydrogen) atoms. The molecule has 0 radical (unpaired) electrons. The number of amides is 1. The highest BCUT2D eigenvalue weighted by molar-refractivity contribution is 9.11. The Kier molecular flexibility index (Phi) is 4.11. The summed E-state index contributed by atoms with van der Waals surface area (Å²) in [5, 5.41) is 2.81. The van der Waals surface area contributed by atoms with Gasteiger partial charge >= 0.3 is 0 Å². The van der Waals surface area contributed by atoms with Gasteiger partial charge in [0.15, 0.2) is 0 Å².